The summed E-state index contributed by atoms with van der Waals surface area (Å²) in [5.41, 5.74) is 0.625. The Hall–Kier alpha value is -1.91. The Balaban J connectivity index is 1.63. The molecule has 0 spiro atoms. The minimum Gasteiger partial charge on any atom is -0.339 e. The fourth-order valence-corrected chi connectivity index (χ4v) is 5.40. The van der Waals surface area contributed by atoms with Crippen LogP contribution in [0.4, 0.5) is 5.69 Å². The van der Waals surface area contributed by atoms with Gasteiger partial charge in [0.15, 0.2) is 0 Å². The van der Waals surface area contributed by atoms with Crippen LogP contribution in [0.25, 0.3) is 12.3 Å². The van der Waals surface area contributed by atoms with E-state index in [4.69, 9.17) is 0 Å². The summed E-state index contributed by atoms with van der Waals surface area (Å²) in [6.45, 7) is 1.61. The molecule has 2 aliphatic rings. The van der Waals surface area contributed by atoms with E-state index in [1.807, 2.05) is 6.08 Å². The predicted octanol–water partition coefficient (Wildman–Crippen LogP) is 1.72. The first kappa shape index (κ1) is 19.4. The number of rotatable bonds is 4. The van der Waals surface area contributed by atoms with Crippen LogP contribution in [0.5, 0.6) is 0 Å². The van der Waals surface area contributed by atoms with Crippen LogP contribution in [0.15, 0.2) is 28.9 Å². The molecule has 1 amide bonds. The van der Waals surface area contributed by atoms with Gasteiger partial charge in [0.05, 0.1) is 28.5 Å². The van der Waals surface area contributed by atoms with Crippen molar-refractivity contribution in [2.45, 2.75) is 19.3 Å². The van der Waals surface area contributed by atoms with Gasteiger partial charge < -0.3 is 4.90 Å². The summed E-state index contributed by atoms with van der Waals surface area (Å²) in [5.74, 6) is -0.150. The van der Waals surface area contributed by atoms with Crippen LogP contribution >= 0.6 is 27.5 Å². The number of nitrogens with one attached hydrogen (secondary N) is 1. The van der Waals surface area contributed by atoms with Crippen LogP contribution < -0.4 is 14.5 Å². The molecule has 148 valence electrons. The Morgan fingerprint density at radius 2 is 2.00 bits per heavy atom. The molecule has 0 atom stereocenters. The Morgan fingerprint density at radius 1 is 1.21 bits per heavy atom. The van der Waals surface area contributed by atoms with E-state index in [0.29, 0.717) is 23.1 Å². The zero-order valence-corrected chi connectivity index (χ0v) is 18.2. The molecule has 10 heteroatoms. The first-order valence-corrected chi connectivity index (χ1v) is 12.0. The normalized spacial score (nSPS) is 16.8. The van der Waals surface area contributed by atoms with Crippen LogP contribution in [0, 0.1) is 0 Å². The van der Waals surface area contributed by atoms with Crippen molar-refractivity contribution < 1.29 is 13.2 Å². The lowest BCUT2D eigenvalue weighted by Gasteiger charge is -2.28. The lowest BCUT2D eigenvalue weighted by Crippen LogP contribution is -2.39. The topological polar surface area (TPSA) is 82.6 Å². The number of nitrogens with zero attached hydrogens (tertiary/aromatic N) is 3. The Kier molecular flexibility index (Phi) is 5.44. The number of carbonyl (C=O) groups excluding carboxylic acids is 1. The second-order valence-corrected chi connectivity index (χ2v) is 10.1. The third kappa shape index (κ3) is 3.94. The molecule has 0 aliphatic carbocycles. The van der Waals surface area contributed by atoms with Gasteiger partial charge in [0.1, 0.15) is 0 Å². The number of aromatic nitrogens is 1. The highest BCUT2D eigenvalue weighted by Gasteiger charge is 2.25. The molecule has 4 rings (SSSR count). The maximum atomic E-state index is 13.0. The summed E-state index contributed by atoms with van der Waals surface area (Å²) in [7, 11) is -3.88. The summed E-state index contributed by atoms with van der Waals surface area (Å²) < 4.78 is 35.5. The van der Waals surface area contributed by atoms with Crippen molar-refractivity contribution in [2.75, 3.05) is 24.4 Å². The molecule has 3 heterocycles. The maximum Gasteiger partial charge on any atom is 0.323 e. The van der Waals surface area contributed by atoms with Crippen LogP contribution in [-0.2, 0) is 10.2 Å². The quantitative estimate of drug-likeness (QED) is 0.718. The summed E-state index contributed by atoms with van der Waals surface area (Å²) in [5, 5.41) is 0.764. The molecule has 2 aromatic rings. The number of benzene rings is 1. The second kappa shape index (κ2) is 7.84. The van der Waals surface area contributed by atoms with Gasteiger partial charge in [0.2, 0.25) is 0 Å². The minimum atomic E-state index is -3.88. The van der Waals surface area contributed by atoms with Gasteiger partial charge in [0, 0.05) is 29.0 Å². The van der Waals surface area contributed by atoms with E-state index < -0.39 is 10.2 Å². The van der Waals surface area contributed by atoms with E-state index in [1.165, 1.54) is 15.8 Å². The Labute approximate surface area is 175 Å². The van der Waals surface area contributed by atoms with E-state index in [1.54, 1.807) is 35.5 Å². The second-order valence-electron chi connectivity index (χ2n) is 6.70. The number of piperidine rings is 1. The molecule has 0 saturated carbocycles. The molecule has 28 heavy (non-hydrogen) atoms. The van der Waals surface area contributed by atoms with Gasteiger partial charge >= 0.3 is 10.2 Å². The predicted molar refractivity (Wildman–Crippen MR) is 113 cm³/mol. The highest BCUT2D eigenvalue weighted by Crippen LogP contribution is 2.26. The van der Waals surface area contributed by atoms with E-state index in [2.05, 4.69) is 25.0 Å². The molecule has 0 unspecified atom stereocenters. The molecular formula is C18H19BrN4O3S2. The van der Waals surface area contributed by atoms with Crippen LogP contribution in [-0.4, -0.2) is 47.5 Å². The fourth-order valence-electron chi connectivity index (χ4n) is 3.31. The molecule has 1 saturated heterocycles. The summed E-state index contributed by atoms with van der Waals surface area (Å²) in [4.78, 5) is 14.8. The number of likely N-dealkylation sites (tertiary alicyclic amines) is 1. The van der Waals surface area contributed by atoms with Crippen LogP contribution in [0.3, 0.4) is 0 Å². The van der Waals surface area contributed by atoms with Crippen molar-refractivity contribution in [1.29, 1.82) is 0 Å². The molecule has 0 radical (unpaired) electrons. The zero-order valence-electron chi connectivity index (χ0n) is 15.0. The first-order valence-electron chi connectivity index (χ1n) is 8.95. The van der Waals surface area contributed by atoms with Crippen molar-refractivity contribution in [2.24, 2.45) is 0 Å². The zero-order chi connectivity index (χ0) is 19.7. The number of hydrogen-bond donors (Lipinski definition) is 1. The van der Waals surface area contributed by atoms with Gasteiger partial charge in [0.25, 0.3) is 5.91 Å². The SMILES string of the molecule is O=C(c1ccc(Br)cc1NS(=O)(=O)N1C=c2cnsc2=CC1)N1CCCCC1. The summed E-state index contributed by atoms with van der Waals surface area (Å²) in [6.07, 6.45) is 8.09. The number of fused-ring (bicyclic) bond motifs is 1. The van der Waals surface area contributed by atoms with E-state index >= 15 is 0 Å². The average molecular weight is 483 g/mol. The molecule has 2 aliphatic heterocycles. The van der Waals surface area contributed by atoms with Gasteiger partial charge in [-0.2, -0.15) is 12.8 Å². The van der Waals surface area contributed by atoms with Crippen molar-refractivity contribution in [3.8, 4) is 0 Å². The fraction of sp³-hybridized carbons (Fsp3) is 0.333. The third-order valence-corrected chi connectivity index (χ3v) is 7.42. The van der Waals surface area contributed by atoms with Crippen LogP contribution in [0.2, 0.25) is 0 Å². The average Bonchev–Trinajstić information content (AvgIpc) is 3.16. The van der Waals surface area contributed by atoms with Gasteiger partial charge in [-0.25, -0.2) is 0 Å². The highest BCUT2D eigenvalue weighted by atomic mass is 79.9. The molecule has 1 fully saturated rings. The van der Waals surface area contributed by atoms with Crippen molar-refractivity contribution in [3.05, 3.63) is 44.2 Å². The third-order valence-electron chi connectivity index (χ3n) is 4.77. The van der Waals surface area contributed by atoms with E-state index in [-0.39, 0.29) is 18.1 Å². The Bertz CT molecular complexity index is 1120. The van der Waals surface area contributed by atoms with Gasteiger partial charge in [-0.05, 0) is 55.1 Å². The summed E-state index contributed by atoms with van der Waals surface area (Å²) >= 11 is 4.70. The van der Waals surface area contributed by atoms with Crippen molar-refractivity contribution in [1.82, 2.24) is 13.6 Å². The van der Waals surface area contributed by atoms with E-state index in [9.17, 15) is 13.2 Å². The number of anilines is 1. The molecular weight excluding hydrogens is 464 g/mol. The monoisotopic (exact) mass is 482 g/mol. The summed E-state index contributed by atoms with van der Waals surface area (Å²) in [6, 6.07) is 5.03. The number of hydrogen-bond acceptors (Lipinski definition) is 5. The van der Waals surface area contributed by atoms with E-state index in [0.717, 1.165) is 29.0 Å². The minimum absolute atomic E-state index is 0.150. The number of amides is 1. The van der Waals surface area contributed by atoms with Crippen molar-refractivity contribution in [3.63, 3.8) is 0 Å². The van der Waals surface area contributed by atoms with Crippen molar-refractivity contribution >= 4 is 61.5 Å². The standard InChI is InChI=1S/C18H19BrN4O3S2/c19-14-4-5-15(18(24)22-7-2-1-3-8-22)16(10-14)21-28(25,26)23-9-6-17-13(12-23)11-20-27-17/h4-6,10-12,21H,1-3,7-9H2. The van der Waals surface area contributed by atoms with Crippen LogP contribution in [0.1, 0.15) is 29.6 Å². The molecule has 1 aromatic carbocycles. The van der Waals surface area contributed by atoms with Gasteiger partial charge in [-0.15, -0.1) is 0 Å². The molecule has 1 N–H and O–H groups in total. The lowest BCUT2D eigenvalue weighted by molar-refractivity contribution is 0.0725. The lowest BCUT2D eigenvalue weighted by atomic mass is 10.1. The molecule has 7 nitrogen and oxygen atoms in total. The molecule has 0 bridgehead atoms. The highest BCUT2D eigenvalue weighted by molar-refractivity contribution is 9.10. The number of carbonyl (C=O) groups is 1. The molecule has 1 aromatic heterocycles. The largest absolute Gasteiger partial charge is 0.339 e. The Morgan fingerprint density at radius 3 is 2.79 bits per heavy atom. The van der Waals surface area contributed by atoms with Gasteiger partial charge in [-0.3, -0.25) is 13.8 Å². The number of halogens is 1. The van der Waals surface area contributed by atoms with Gasteiger partial charge in [-0.1, -0.05) is 15.9 Å². The maximum absolute atomic E-state index is 13.0. The smallest absolute Gasteiger partial charge is 0.323 e. The first-order chi connectivity index (χ1) is 13.4.